The van der Waals surface area contributed by atoms with Gasteiger partial charge >= 0.3 is 17.8 Å². The summed E-state index contributed by atoms with van der Waals surface area (Å²) in [7, 11) is 0. The van der Waals surface area contributed by atoms with Crippen molar-refractivity contribution < 1.29 is 29.3 Å². The molecule has 2 N–H and O–H groups in total. The lowest BCUT2D eigenvalue weighted by atomic mass is 9.97. The van der Waals surface area contributed by atoms with Crippen LogP contribution in [0.3, 0.4) is 0 Å². The highest BCUT2D eigenvalue weighted by Gasteiger charge is 2.43. The smallest absolute Gasteiger partial charge is 0.478 e. The van der Waals surface area contributed by atoms with Gasteiger partial charge in [-0.25, -0.2) is 9.59 Å². The average molecular weight is 216 g/mol. The molecule has 0 aliphatic rings. The van der Waals surface area contributed by atoms with E-state index in [0.717, 1.165) is 0 Å². The Balaban J connectivity index is 5.07. The van der Waals surface area contributed by atoms with Crippen LogP contribution in [0, 0.1) is 0 Å². The molecule has 0 heterocycles. The molecular weight excluding hydrogens is 204 g/mol. The number of carboxylic acid groups (broad SMARTS) is 2. The SMILES string of the molecule is CCC(CC)(OC(=[N+]=[N-])C(=O)O)C(=O)O. The second-order valence-corrected chi connectivity index (χ2v) is 2.82. The van der Waals surface area contributed by atoms with Gasteiger partial charge in [0.15, 0.2) is 0 Å². The average Bonchev–Trinajstić information content (AvgIpc) is 2.19. The number of nitrogens with zero attached hydrogens (tertiary/aromatic N) is 2. The molecule has 0 unspecified atom stereocenters. The topological polar surface area (TPSA) is 120 Å². The first-order valence-electron chi connectivity index (χ1n) is 4.31. The summed E-state index contributed by atoms with van der Waals surface area (Å²) in [6.45, 7) is 3.07. The Bertz CT molecular complexity index is 315. The van der Waals surface area contributed by atoms with Crippen LogP contribution in [0.4, 0.5) is 0 Å². The van der Waals surface area contributed by atoms with E-state index in [9.17, 15) is 9.59 Å². The molecule has 0 radical (unpaired) electrons. The van der Waals surface area contributed by atoms with Crippen LogP contribution in [0.1, 0.15) is 26.7 Å². The summed E-state index contributed by atoms with van der Waals surface area (Å²) in [6.07, 6.45) is 0.121. The van der Waals surface area contributed by atoms with Gasteiger partial charge in [-0.15, -0.1) is 4.79 Å². The zero-order chi connectivity index (χ0) is 12.1. The fourth-order valence-electron chi connectivity index (χ4n) is 1.03. The van der Waals surface area contributed by atoms with Crippen LogP contribution in [0.15, 0.2) is 0 Å². The van der Waals surface area contributed by atoms with Crippen LogP contribution < -0.4 is 0 Å². The Morgan fingerprint density at radius 1 is 1.33 bits per heavy atom. The van der Waals surface area contributed by atoms with Crippen LogP contribution in [-0.4, -0.2) is 38.4 Å². The highest BCUT2D eigenvalue weighted by molar-refractivity contribution is 6.29. The van der Waals surface area contributed by atoms with Crippen molar-refractivity contribution in [3.8, 4) is 0 Å². The van der Waals surface area contributed by atoms with E-state index in [1.807, 2.05) is 0 Å². The fraction of sp³-hybridized carbons (Fsp3) is 0.625. The van der Waals surface area contributed by atoms with Crippen LogP contribution in [0.2, 0.25) is 0 Å². The first-order chi connectivity index (χ1) is 6.93. The molecule has 84 valence electrons. The molecule has 0 aliphatic heterocycles. The third kappa shape index (κ3) is 2.78. The Labute approximate surface area is 85.9 Å². The molecule has 0 spiro atoms. The van der Waals surface area contributed by atoms with E-state index in [1.54, 1.807) is 0 Å². The Morgan fingerprint density at radius 3 is 2.00 bits per heavy atom. The van der Waals surface area contributed by atoms with Gasteiger partial charge in [0.25, 0.3) is 0 Å². The molecule has 0 aromatic rings. The summed E-state index contributed by atoms with van der Waals surface area (Å²) < 4.78 is 4.71. The molecule has 0 aromatic carbocycles. The van der Waals surface area contributed by atoms with Crippen molar-refractivity contribution in [2.24, 2.45) is 0 Å². The molecule has 0 saturated heterocycles. The minimum absolute atomic E-state index is 0.0606. The quantitative estimate of drug-likeness (QED) is 0.304. The molecule has 0 atom stereocenters. The molecule has 0 saturated carbocycles. The third-order valence-electron chi connectivity index (χ3n) is 2.10. The predicted molar refractivity (Wildman–Crippen MR) is 48.3 cm³/mol. The van der Waals surface area contributed by atoms with Crippen molar-refractivity contribution in [2.45, 2.75) is 32.3 Å². The Morgan fingerprint density at radius 2 is 1.80 bits per heavy atom. The predicted octanol–water partition coefficient (Wildman–Crippen LogP) is 0.359. The lowest BCUT2D eigenvalue weighted by molar-refractivity contribution is -0.166. The molecule has 0 aromatic heterocycles. The van der Waals surface area contributed by atoms with Crippen molar-refractivity contribution >= 4 is 17.8 Å². The second kappa shape index (κ2) is 5.11. The first kappa shape index (κ1) is 13.1. The van der Waals surface area contributed by atoms with E-state index in [-0.39, 0.29) is 12.8 Å². The Hall–Kier alpha value is -1.88. The highest BCUT2D eigenvalue weighted by atomic mass is 16.6. The number of ether oxygens (including phenoxy) is 1. The minimum Gasteiger partial charge on any atom is -0.478 e. The lowest BCUT2D eigenvalue weighted by Gasteiger charge is -2.24. The van der Waals surface area contributed by atoms with E-state index >= 15 is 0 Å². The number of rotatable bonds is 4. The fourth-order valence-corrected chi connectivity index (χ4v) is 1.03. The first-order valence-corrected chi connectivity index (χ1v) is 4.31. The molecule has 0 rings (SSSR count). The van der Waals surface area contributed by atoms with Crippen molar-refractivity contribution in [2.75, 3.05) is 0 Å². The number of carbonyl (C=O) groups is 2. The third-order valence-corrected chi connectivity index (χ3v) is 2.10. The molecule has 15 heavy (non-hydrogen) atoms. The van der Waals surface area contributed by atoms with Gasteiger partial charge in [0.05, 0.1) is 0 Å². The van der Waals surface area contributed by atoms with Gasteiger partial charge in [0.1, 0.15) is 0 Å². The molecule has 0 aliphatic carbocycles. The van der Waals surface area contributed by atoms with E-state index in [2.05, 4.69) is 4.79 Å². The number of aliphatic carboxylic acids is 2. The normalized spacial score (nSPS) is 10.3. The van der Waals surface area contributed by atoms with Crippen molar-refractivity contribution in [1.82, 2.24) is 0 Å². The van der Waals surface area contributed by atoms with E-state index in [0.29, 0.717) is 0 Å². The molecule has 0 fully saturated rings. The van der Waals surface area contributed by atoms with Crippen LogP contribution in [0.5, 0.6) is 0 Å². The van der Waals surface area contributed by atoms with E-state index < -0.39 is 23.4 Å². The summed E-state index contributed by atoms with van der Waals surface area (Å²) in [4.78, 5) is 23.7. The number of hydrogen-bond donors (Lipinski definition) is 2. The summed E-state index contributed by atoms with van der Waals surface area (Å²) in [5.41, 5.74) is 6.66. The largest absolute Gasteiger partial charge is 0.562 e. The van der Waals surface area contributed by atoms with E-state index in [4.69, 9.17) is 20.5 Å². The second-order valence-electron chi connectivity index (χ2n) is 2.82. The van der Waals surface area contributed by atoms with Crippen molar-refractivity contribution in [1.29, 1.82) is 0 Å². The molecule has 7 nitrogen and oxygen atoms in total. The monoisotopic (exact) mass is 216 g/mol. The lowest BCUT2D eigenvalue weighted by Crippen LogP contribution is -2.44. The van der Waals surface area contributed by atoms with E-state index in [1.165, 1.54) is 13.8 Å². The molecule has 0 amide bonds. The van der Waals surface area contributed by atoms with Gasteiger partial charge in [-0.05, 0) is 12.8 Å². The summed E-state index contributed by atoms with van der Waals surface area (Å²) in [6, 6.07) is 0. The zero-order valence-electron chi connectivity index (χ0n) is 8.43. The van der Waals surface area contributed by atoms with Gasteiger partial charge in [-0.3, -0.25) is 0 Å². The number of carboxylic acids is 2. The van der Waals surface area contributed by atoms with Gasteiger partial charge in [-0.2, -0.15) is 0 Å². The van der Waals surface area contributed by atoms with Gasteiger partial charge < -0.3 is 20.5 Å². The van der Waals surface area contributed by atoms with Gasteiger partial charge in [0.2, 0.25) is 5.60 Å². The summed E-state index contributed by atoms with van der Waals surface area (Å²) in [5, 5.41) is 17.4. The van der Waals surface area contributed by atoms with Crippen molar-refractivity contribution in [3.05, 3.63) is 5.53 Å². The zero-order valence-corrected chi connectivity index (χ0v) is 8.43. The van der Waals surface area contributed by atoms with Crippen LogP contribution >= 0.6 is 0 Å². The maximum Gasteiger partial charge on any atom is 0.562 e. The molecule has 0 bridgehead atoms. The van der Waals surface area contributed by atoms with Gasteiger partial charge in [0, 0.05) is 0 Å². The van der Waals surface area contributed by atoms with Crippen LogP contribution in [0.25, 0.3) is 5.53 Å². The highest BCUT2D eigenvalue weighted by Crippen LogP contribution is 2.21. The standard InChI is InChI=1S/C8H12N2O5/c1-3-8(4-2,7(13)14)15-5(10-9)6(11)12/h3-4H2,1-2H3,(H,11,12)(H,13,14). The van der Waals surface area contributed by atoms with Gasteiger partial charge in [-0.1, -0.05) is 13.8 Å². The summed E-state index contributed by atoms with van der Waals surface area (Å²) in [5.74, 6) is -3.94. The molecule has 7 heteroatoms. The Kier molecular flexibility index (Phi) is 4.47. The molecular formula is C8H12N2O5. The van der Waals surface area contributed by atoms with Crippen LogP contribution in [-0.2, 0) is 14.3 Å². The number of hydrogen-bond acceptors (Lipinski definition) is 3. The maximum absolute atomic E-state index is 10.9. The maximum atomic E-state index is 10.9. The van der Waals surface area contributed by atoms with Crippen molar-refractivity contribution in [3.63, 3.8) is 0 Å². The minimum atomic E-state index is -1.67. The summed E-state index contributed by atoms with van der Waals surface area (Å²) >= 11 is 0.